The molecule has 3 aliphatic rings. The van der Waals surface area contributed by atoms with Gasteiger partial charge in [0.25, 0.3) is 5.91 Å². The Balaban J connectivity index is 1.79. The van der Waals surface area contributed by atoms with Gasteiger partial charge < -0.3 is 24.4 Å². The summed E-state index contributed by atoms with van der Waals surface area (Å²) in [5, 5.41) is 10.3. The molecule has 0 aliphatic carbocycles. The zero-order chi connectivity index (χ0) is 27.6. The standard InChI is InChI=1S/C29H38N2O6S/c1-6-14-30(19-8-10-21(36-5)11-9-19)27(34)25-29-13-12-22(38-29)23(28(35)37-15-7-2)24(29)26(33)31(25)20(17-32)16-18(3)4/h6-11,18,20,22-25,32H,1-2,12-17H2,3-5H3/t20-,22+,23-,24+,25?,29?/m1/s1. The quantitative estimate of drug-likeness (QED) is 0.319. The molecule has 9 heteroatoms. The Labute approximate surface area is 229 Å². The smallest absolute Gasteiger partial charge is 0.311 e. The van der Waals surface area contributed by atoms with Crippen LogP contribution in [0.2, 0.25) is 0 Å². The summed E-state index contributed by atoms with van der Waals surface area (Å²) in [7, 11) is 1.58. The van der Waals surface area contributed by atoms with E-state index in [0.717, 1.165) is 6.42 Å². The first kappa shape index (κ1) is 28.2. The van der Waals surface area contributed by atoms with Crippen LogP contribution in [-0.4, -0.2) is 76.7 Å². The third-order valence-electron chi connectivity index (χ3n) is 7.90. The van der Waals surface area contributed by atoms with Crippen LogP contribution in [0.3, 0.4) is 0 Å². The summed E-state index contributed by atoms with van der Waals surface area (Å²) >= 11 is 1.58. The highest BCUT2D eigenvalue weighted by atomic mass is 32.2. The van der Waals surface area contributed by atoms with E-state index >= 15 is 0 Å². The molecule has 6 atom stereocenters. The number of esters is 1. The summed E-state index contributed by atoms with van der Waals surface area (Å²) in [5.41, 5.74) is 0.659. The van der Waals surface area contributed by atoms with Gasteiger partial charge in [-0.25, -0.2) is 0 Å². The summed E-state index contributed by atoms with van der Waals surface area (Å²) in [6.07, 6.45) is 5.07. The Morgan fingerprint density at radius 3 is 2.55 bits per heavy atom. The number of fused-ring (bicyclic) bond motifs is 1. The van der Waals surface area contributed by atoms with Crippen molar-refractivity contribution in [1.82, 2.24) is 4.90 Å². The highest BCUT2D eigenvalue weighted by Gasteiger charge is 2.74. The van der Waals surface area contributed by atoms with Crippen LogP contribution in [0, 0.1) is 17.8 Å². The number of carbonyl (C=O) groups is 3. The molecule has 1 N–H and O–H groups in total. The number of rotatable bonds is 12. The van der Waals surface area contributed by atoms with Crippen molar-refractivity contribution in [3.63, 3.8) is 0 Å². The zero-order valence-corrected chi connectivity index (χ0v) is 23.2. The second-order valence-electron chi connectivity index (χ2n) is 10.6. The zero-order valence-electron chi connectivity index (χ0n) is 22.4. The Morgan fingerprint density at radius 1 is 1.26 bits per heavy atom. The number of anilines is 1. The summed E-state index contributed by atoms with van der Waals surface area (Å²) in [4.78, 5) is 45.2. The van der Waals surface area contributed by atoms with Crippen LogP contribution in [0.5, 0.6) is 5.75 Å². The molecular weight excluding hydrogens is 504 g/mol. The van der Waals surface area contributed by atoms with Crippen LogP contribution in [0.15, 0.2) is 49.6 Å². The van der Waals surface area contributed by atoms with Gasteiger partial charge in [0, 0.05) is 17.5 Å². The molecular formula is C29H38N2O6S. The normalized spacial score (nSPS) is 28.2. The number of benzene rings is 1. The van der Waals surface area contributed by atoms with Gasteiger partial charge in [0.1, 0.15) is 18.4 Å². The van der Waals surface area contributed by atoms with Gasteiger partial charge in [0.2, 0.25) is 5.91 Å². The number of carbonyl (C=O) groups excluding carboxylic acids is 3. The molecule has 1 aromatic carbocycles. The predicted octanol–water partition coefficient (Wildman–Crippen LogP) is 3.44. The molecule has 3 heterocycles. The summed E-state index contributed by atoms with van der Waals surface area (Å²) < 4.78 is 9.94. The van der Waals surface area contributed by atoms with Crippen molar-refractivity contribution in [1.29, 1.82) is 0 Å². The Hall–Kier alpha value is -2.78. The molecule has 0 saturated carbocycles. The number of aliphatic hydroxyl groups is 1. The molecule has 3 fully saturated rings. The fourth-order valence-electron chi connectivity index (χ4n) is 6.45. The van der Waals surface area contributed by atoms with E-state index in [2.05, 4.69) is 13.2 Å². The topological polar surface area (TPSA) is 96.4 Å². The van der Waals surface area contributed by atoms with E-state index in [9.17, 15) is 19.5 Å². The van der Waals surface area contributed by atoms with Crippen LogP contribution in [0.4, 0.5) is 5.69 Å². The maximum Gasteiger partial charge on any atom is 0.311 e. The minimum Gasteiger partial charge on any atom is -0.497 e. The largest absolute Gasteiger partial charge is 0.497 e. The number of likely N-dealkylation sites (tertiary alicyclic amines) is 1. The average Bonchev–Trinajstić information content (AvgIpc) is 3.56. The van der Waals surface area contributed by atoms with E-state index in [-0.39, 0.29) is 42.7 Å². The lowest BCUT2D eigenvalue weighted by molar-refractivity contribution is -0.153. The first-order valence-corrected chi connectivity index (χ1v) is 14.1. The summed E-state index contributed by atoms with van der Waals surface area (Å²) in [6.45, 7) is 11.6. The first-order chi connectivity index (χ1) is 18.2. The van der Waals surface area contributed by atoms with Crippen molar-refractivity contribution in [2.75, 3.05) is 31.8 Å². The molecule has 2 amide bonds. The predicted molar refractivity (Wildman–Crippen MR) is 148 cm³/mol. The van der Waals surface area contributed by atoms with Gasteiger partial charge in [-0.15, -0.1) is 18.3 Å². The molecule has 3 saturated heterocycles. The Bertz CT molecular complexity index is 1080. The van der Waals surface area contributed by atoms with E-state index in [1.165, 1.54) is 6.08 Å². The van der Waals surface area contributed by atoms with Gasteiger partial charge in [-0.2, -0.15) is 0 Å². The van der Waals surface area contributed by atoms with E-state index in [1.807, 2.05) is 26.0 Å². The first-order valence-electron chi connectivity index (χ1n) is 13.2. The van der Waals surface area contributed by atoms with Gasteiger partial charge in [0.05, 0.1) is 36.3 Å². The molecule has 38 heavy (non-hydrogen) atoms. The highest BCUT2D eigenvalue weighted by Crippen LogP contribution is 2.67. The molecule has 2 bridgehead atoms. The van der Waals surface area contributed by atoms with Gasteiger partial charge in [0.15, 0.2) is 0 Å². The van der Waals surface area contributed by atoms with E-state index in [4.69, 9.17) is 9.47 Å². The molecule has 2 unspecified atom stereocenters. The van der Waals surface area contributed by atoms with Crippen molar-refractivity contribution in [2.45, 2.75) is 55.2 Å². The SMILES string of the molecule is C=CCOC(=O)[C@@H]1[C@@H]2CCC3(S2)C(C(=O)N(CC=C)c2ccc(OC)cc2)N([C@@H](CO)CC(C)C)C(=O)[C@H]13. The van der Waals surface area contributed by atoms with E-state index < -0.39 is 34.6 Å². The average molecular weight is 543 g/mol. The number of amides is 2. The van der Waals surface area contributed by atoms with Crippen molar-refractivity contribution in [2.24, 2.45) is 17.8 Å². The number of ether oxygens (including phenoxy) is 2. The lowest BCUT2D eigenvalue weighted by Gasteiger charge is -2.40. The van der Waals surface area contributed by atoms with Crippen LogP contribution in [-0.2, 0) is 19.1 Å². The summed E-state index contributed by atoms with van der Waals surface area (Å²) in [5.74, 6) is -1.35. The maximum atomic E-state index is 14.6. The lowest BCUT2D eigenvalue weighted by atomic mass is 9.71. The number of aliphatic hydroxyl groups excluding tert-OH is 1. The molecule has 0 aromatic heterocycles. The fourth-order valence-corrected chi connectivity index (χ4v) is 8.64. The molecule has 0 radical (unpaired) electrons. The van der Waals surface area contributed by atoms with Gasteiger partial charge in [-0.3, -0.25) is 14.4 Å². The number of nitrogens with zero attached hydrogens (tertiary/aromatic N) is 2. The van der Waals surface area contributed by atoms with Gasteiger partial charge in [-0.1, -0.05) is 32.6 Å². The fraction of sp³-hybridized carbons (Fsp3) is 0.552. The highest BCUT2D eigenvalue weighted by molar-refractivity contribution is 8.02. The number of methoxy groups -OCH3 is 1. The molecule has 3 aliphatic heterocycles. The van der Waals surface area contributed by atoms with Crippen LogP contribution in [0.1, 0.15) is 33.1 Å². The van der Waals surface area contributed by atoms with Crippen LogP contribution < -0.4 is 9.64 Å². The molecule has 4 rings (SSSR count). The monoisotopic (exact) mass is 542 g/mol. The molecule has 1 aromatic rings. The Kier molecular flexibility index (Phi) is 8.57. The molecule has 1 spiro atoms. The number of thioether (sulfide) groups is 1. The minimum atomic E-state index is -0.829. The van der Waals surface area contributed by atoms with Crippen LogP contribution >= 0.6 is 11.8 Å². The third kappa shape index (κ3) is 4.75. The van der Waals surface area contributed by atoms with Gasteiger partial charge >= 0.3 is 5.97 Å². The molecule has 206 valence electrons. The molecule has 8 nitrogen and oxygen atoms in total. The minimum absolute atomic E-state index is 0.0733. The summed E-state index contributed by atoms with van der Waals surface area (Å²) in [6, 6.07) is 5.82. The van der Waals surface area contributed by atoms with Crippen molar-refractivity contribution in [3.8, 4) is 5.75 Å². The van der Waals surface area contributed by atoms with Crippen molar-refractivity contribution < 1.29 is 29.0 Å². The van der Waals surface area contributed by atoms with Crippen molar-refractivity contribution >= 4 is 35.2 Å². The van der Waals surface area contributed by atoms with Crippen molar-refractivity contribution in [3.05, 3.63) is 49.6 Å². The van der Waals surface area contributed by atoms with E-state index in [1.54, 1.807) is 46.9 Å². The van der Waals surface area contributed by atoms with Crippen LogP contribution in [0.25, 0.3) is 0 Å². The number of hydrogen-bond donors (Lipinski definition) is 1. The number of hydrogen-bond acceptors (Lipinski definition) is 7. The second kappa shape index (κ2) is 11.5. The Morgan fingerprint density at radius 2 is 1.97 bits per heavy atom. The van der Waals surface area contributed by atoms with Gasteiger partial charge in [-0.05, 0) is 49.4 Å². The third-order valence-corrected chi connectivity index (χ3v) is 9.85. The lowest BCUT2D eigenvalue weighted by Crippen LogP contribution is -2.57. The van der Waals surface area contributed by atoms with E-state index in [0.29, 0.717) is 24.3 Å². The second-order valence-corrected chi connectivity index (χ2v) is 12.2. The maximum absolute atomic E-state index is 14.6.